The first-order valence-corrected chi connectivity index (χ1v) is 6.61. The molecule has 2 N–H and O–H groups in total. The molecule has 102 valence electrons. The minimum atomic E-state index is 0.0373. The molecule has 0 aliphatic rings. The highest BCUT2D eigenvalue weighted by molar-refractivity contribution is 5.84. The summed E-state index contributed by atoms with van der Waals surface area (Å²) in [7, 11) is 2.04. The molecule has 2 rings (SSSR count). The van der Waals surface area contributed by atoms with E-state index in [0.717, 1.165) is 0 Å². The number of fused-ring (bicyclic) bond motifs is 1. The van der Waals surface area contributed by atoms with Gasteiger partial charge in [-0.3, -0.25) is 4.79 Å². The summed E-state index contributed by atoms with van der Waals surface area (Å²) in [5.74, 6) is 0.0373. The van der Waals surface area contributed by atoms with Crippen LogP contribution in [-0.4, -0.2) is 23.1 Å². The molecule has 0 saturated carbocycles. The van der Waals surface area contributed by atoms with Crippen molar-refractivity contribution in [2.45, 2.75) is 26.4 Å². The summed E-state index contributed by atoms with van der Waals surface area (Å²) in [6.45, 7) is 4.97. The maximum Gasteiger partial charge on any atom is 0.234 e. The van der Waals surface area contributed by atoms with Crippen molar-refractivity contribution in [3.05, 3.63) is 36.0 Å². The van der Waals surface area contributed by atoms with Gasteiger partial charge in [-0.15, -0.1) is 0 Å². The number of nitrogens with one attached hydrogen (secondary N) is 2. The average Bonchev–Trinajstić information content (AvgIpc) is 2.66. The van der Waals surface area contributed by atoms with Crippen LogP contribution in [-0.2, 0) is 18.4 Å². The van der Waals surface area contributed by atoms with Crippen LogP contribution in [0.3, 0.4) is 0 Å². The fraction of sp³-hybridized carbons (Fsp3) is 0.400. The van der Waals surface area contributed by atoms with E-state index < -0.39 is 0 Å². The van der Waals surface area contributed by atoms with Crippen molar-refractivity contribution in [1.29, 1.82) is 0 Å². The lowest BCUT2D eigenvalue weighted by molar-refractivity contribution is -0.120. The lowest BCUT2D eigenvalue weighted by atomic mass is 10.2. The van der Waals surface area contributed by atoms with Gasteiger partial charge < -0.3 is 15.2 Å². The number of para-hydroxylation sites is 1. The first-order chi connectivity index (χ1) is 9.08. The van der Waals surface area contributed by atoms with Crippen LogP contribution in [0.15, 0.2) is 30.5 Å². The maximum absolute atomic E-state index is 11.5. The minimum Gasteiger partial charge on any atom is -0.353 e. The highest BCUT2D eigenvalue weighted by Crippen LogP contribution is 2.19. The van der Waals surface area contributed by atoms with Gasteiger partial charge in [0, 0.05) is 36.7 Å². The number of amides is 1. The van der Waals surface area contributed by atoms with E-state index in [2.05, 4.69) is 33.5 Å². The number of carbonyl (C=O) groups excluding carboxylic acids is 1. The Balaban J connectivity index is 1.97. The van der Waals surface area contributed by atoms with Crippen molar-refractivity contribution in [3.63, 3.8) is 0 Å². The summed E-state index contributed by atoms with van der Waals surface area (Å²) in [5.41, 5.74) is 2.43. The van der Waals surface area contributed by atoms with Crippen LogP contribution in [0.25, 0.3) is 10.9 Å². The second-order valence-corrected chi connectivity index (χ2v) is 5.11. The molecule has 0 aliphatic carbocycles. The van der Waals surface area contributed by atoms with Crippen molar-refractivity contribution in [2.75, 3.05) is 6.54 Å². The number of aryl methyl sites for hydroxylation is 1. The van der Waals surface area contributed by atoms with E-state index in [0.29, 0.717) is 13.1 Å². The molecule has 4 nitrogen and oxygen atoms in total. The standard InChI is InChI=1S/C15H21N3O/c1-11(2)17-15(19)9-16-8-12-10-18(3)14-7-5-4-6-13(12)14/h4-7,10-11,16H,8-9H2,1-3H3,(H,17,19). The van der Waals surface area contributed by atoms with Crippen LogP contribution in [0.1, 0.15) is 19.4 Å². The number of aromatic nitrogens is 1. The predicted octanol–water partition coefficient (Wildman–Crippen LogP) is 1.79. The van der Waals surface area contributed by atoms with Crippen LogP contribution < -0.4 is 10.6 Å². The van der Waals surface area contributed by atoms with Gasteiger partial charge >= 0.3 is 0 Å². The number of rotatable bonds is 5. The fourth-order valence-electron chi connectivity index (χ4n) is 2.25. The summed E-state index contributed by atoms with van der Waals surface area (Å²) in [5, 5.41) is 7.29. The Kier molecular flexibility index (Phi) is 4.22. The highest BCUT2D eigenvalue weighted by atomic mass is 16.1. The summed E-state index contributed by atoms with van der Waals surface area (Å²) in [4.78, 5) is 11.5. The normalized spacial score (nSPS) is 11.2. The smallest absolute Gasteiger partial charge is 0.234 e. The number of hydrogen-bond donors (Lipinski definition) is 2. The third-order valence-electron chi connectivity index (χ3n) is 3.03. The second-order valence-electron chi connectivity index (χ2n) is 5.11. The molecular formula is C15H21N3O. The number of nitrogens with zero attached hydrogens (tertiary/aromatic N) is 1. The van der Waals surface area contributed by atoms with Crippen molar-refractivity contribution in [1.82, 2.24) is 15.2 Å². The van der Waals surface area contributed by atoms with Gasteiger partial charge in [0.2, 0.25) is 5.91 Å². The zero-order chi connectivity index (χ0) is 13.8. The third-order valence-corrected chi connectivity index (χ3v) is 3.03. The molecule has 0 bridgehead atoms. The summed E-state index contributed by atoms with van der Waals surface area (Å²) >= 11 is 0. The Morgan fingerprint density at radius 2 is 2.05 bits per heavy atom. The molecule has 0 radical (unpaired) electrons. The molecular weight excluding hydrogens is 238 g/mol. The van der Waals surface area contributed by atoms with E-state index in [1.54, 1.807) is 0 Å². The molecule has 19 heavy (non-hydrogen) atoms. The average molecular weight is 259 g/mol. The molecule has 1 aromatic carbocycles. The molecule has 1 aromatic heterocycles. The Bertz CT molecular complexity index is 572. The quantitative estimate of drug-likeness (QED) is 0.860. The summed E-state index contributed by atoms with van der Waals surface area (Å²) < 4.78 is 2.11. The third kappa shape index (κ3) is 3.35. The van der Waals surface area contributed by atoms with E-state index in [1.165, 1.54) is 16.5 Å². The molecule has 0 fully saturated rings. The molecule has 0 atom stereocenters. The largest absolute Gasteiger partial charge is 0.353 e. The number of hydrogen-bond acceptors (Lipinski definition) is 2. The molecule has 1 heterocycles. The van der Waals surface area contributed by atoms with Gasteiger partial charge in [-0.1, -0.05) is 18.2 Å². The van der Waals surface area contributed by atoms with E-state index in [4.69, 9.17) is 0 Å². The van der Waals surface area contributed by atoms with E-state index in [9.17, 15) is 4.79 Å². The Morgan fingerprint density at radius 1 is 1.32 bits per heavy atom. The van der Waals surface area contributed by atoms with Gasteiger partial charge in [-0.05, 0) is 25.5 Å². The van der Waals surface area contributed by atoms with Gasteiger partial charge in [-0.2, -0.15) is 0 Å². The predicted molar refractivity (Wildman–Crippen MR) is 77.9 cm³/mol. The van der Waals surface area contributed by atoms with Crippen molar-refractivity contribution >= 4 is 16.8 Å². The van der Waals surface area contributed by atoms with Crippen LogP contribution in [0, 0.1) is 0 Å². The van der Waals surface area contributed by atoms with Crippen molar-refractivity contribution in [2.24, 2.45) is 7.05 Å². The SMILES string of the molecule is CC(C)NC(=O)CNCc1cn(C)c2ccccc12. The van der Waals surface area contributed by atoms with Gasteiger partial charge in [0.05, 0.1) is 6.54 Å². The minimum absolute atomic E-state index is 0.0373. The highest BCUT2D eigenvalue weighted by Gasteiger charge is 2.07. The Labute approximate surface area is 113 Å². The van der Waals surface area contributed by atoms with Gasteiger partial charge in [0.1, 0.15) is 0 Å². The number of benzene rings is 1. The lowest BCUT2D eigenvalue weighted by Crippen LogP contribution is -2.37. The molecule has 0 aliphatic heterocycles. The molecule has 2 aromatic rings. The topological polar surface area (TPSA) is 46.1 Å². The molecule has 1 amide bonds. The van der Waals surface area contributed by atoms with Crippen LogP contribution in [0.4, 0.5) is 0 Å². The fourth-order valence-corrected chi connectivity index (χ4v) is 2.25. The maximum atomic E-state index is 11.5. The zero-order valence-electron chi connectivity index (χ0n) is 11.7. The number of carbonyl (C=O) groups is 1. The Morgan fingerprint density at radius 3 is 2.79 bits per heavy atom. The van der Waals surface area contributed by atoms with Gasteiger partial charge in [0.15, 0.2) is 0 Å². The van der Waals surface area contributed by atoms with Gasteiger partial charge in [-0.25, -0.2) is 0 Å². The second kappa shape index (κ2) is 5.89. The monoisotopic (exact) mass is 259 g/mol. The van der Waals surface area contributed by atoms with Crippen molar-refractivity contribution < 1.29 is 4.79 Å². The van der Waals surface area contributed by atoms with E-state index >= 15 is 0 Å². The van der Waals surface area contributed by atoms with Crippen LogP contribution in [0.5, 0.6) is 0 Å². The van der Waals surface area contributed by atoms with E-state index in [1.807, 2.05) is 33.0 Å². The molecule has 4 heteroatoms. The van der Waals surface area contributed by atoms with E-state index in [-0.39, 0.29) is 11.9 Å². The first-order valence-electron chi connectivity index (χ1n) is 6.61. The molecule has 0 saturated heterocycles. The first kappa shape index (κ1) is 13.6. The summed E-state index contributed by atoms with van der Waals surface area (Å²) in [6, 6.07) is 8.48. The van der Waals surface area contributed by atoms with Gasteiger partial charge in [0.25, 0.3) is 0 Å². The zero-order valence-corrected chi connectivity index (χ0v) is 11.7. The molecule has 0 unspecified atom stereocenters. The van der Waals surface area contributed by atoms with Crippen LogP contribution in [0.2, 0.25) is 0 Å². The van der Waals surface area contributed by atoms with Crippen molar-refractivity contribution in [3.8, 4) is 0 Å². The molecule has 0 spiro atoms. The summed E-state index contributed by atoms with van der Waals surface area (Å²) in [6.07, 6.45) is 2.11. The Hall–Kier alpha value is -1.81. The van der Waals surface area contributed by atoms with Crippen LogP contribution >= 0.6 is 0 Å². The lowest BCUT2D eigenvalue weighted by Gasteiger charge is -2.08.